The Bertz CT molecular complexity index is 943. The summed E-state index contributed by atoms with van der Waals surface area (Å²) in [5.41, 5.74) is 5.24. The van der Waals surface area contributed by atoms with Crippen LogP contribution in [0.5, 0.6) is 0 Å². The van der Waals surface area contributed by atoms with Crippen LogP contribution in [0.4, 0.5) is 5.69 Å². The van der Waals surface area contributed by atoms with Gasteiger partial charge < -0.3 is 10.6 Å². The molecule has 2 amide bonds. The van der Waals surface area contributed by atoms with Gasteiger partial charge in [0, 0.05) is 23.4 Å². The maximum Gasteiger partial charge on any atom is 0.255 e. The largest absolute Gasteiger partial charge is 0.348 e. The normalized spacial score (nSPS) is 10.4. The van der Waals surface area contributed by atoms with Crippen LogP contribution in [0.3, 0.4) is 0 Å². The molecule has 0 aliphatic rings. The molecule has 0 aliphatic heterocycles. The van der Waals surface area contributed by atoms with E-state index in [4.69, 9.17) is 0 Å². The molecule has 0 aromatic heterocycles. The van der Waals surface area contributed by atoms with Crippen molar-refractivity contribution in [2.45, 2.75) is 26.8 Å². The van der Waals surface area contributed by atoms with Crippen molar-refractivity contribution in [2.75, 3.05) is 5.32 Å². The Balaban J connectivity index is 1.57. The number of carbonyl (C=O) groups excluding carboxylic acids is 2. The number of amides is 2. The Hall–Kier alpha value is -3.40. The second-order valence-electron chi connectivity index (χ2n) is 6.75. The Morgan fingerprint density at radius 1 is 0.714 bits per heavy atom. The number of rotatable bonds is 6. The average Bonchev–Trinajstić information content (AvgIpc) is 2.73. The van der Waals surface area contributed by atoms with E-state index in [2.05, 4.69) is 17.6 Å². The van der Waals surface area contributed by atoms with Gasteiger partial charge in [0.2, 0.25) is 0 Å². The molecule has 0 unspecified atom stereocenters. The number of nitrogens with one attached hydrogen (secondary N) is 2. The molecule has 0 aliphatic carbocycles. The third kappa shape index (κ3) is 5.07. The monoisotopic (exact) mass is 372 g/mol. The second-order valence-corrected chi connectivity index (χ2v) is 6.75. The third-order valence-corrected chi connectivity index (χ3v) is 4.60. The van der Waals surface area contributed by atoms with Gasteiger partial charge >= 0.3 is 0 Å². The van der Waals surface area contributed by atoms with Crippen molar-refractivity contribution in [3.63, 3.8) is 0 Å². The lowest BCUT2D eigenvalue weighted by Gasteiger charge is -2.08. The van der Waals surface area contributed by atoms with E-state index in [0.717, 1.165) is 17.7 Å². The molecule has 0 saturated heterocycles. The first-order chi connectivity index (χ1) is 13.5. The molecule has 0 atom stereocenters. The highest BCUT2D eigenvalue weighted by Crippen LogP contribution is 2.13. The minimum absolute atomic E-state index is 0.164. The van der Waals surface area contributed by atoms with E-state index in [1.165, 1.54) is 11.1 Å². The van der Waals surface area contributed by atoms with Crippen LogP contribution < -0.4 is 10.6 Å². The lowest BCUT2D eigenvalue weighted by molar-refractivity contribution is 0.0949. The summed E-state index contributed by atoms with van der Waals surface area (Å²) >= 11 is 0. The second kappa shape index (κ2) is 9.00. The summed E-state index contributed by atoms with van der Waals surface area (Å²) < 4.78 is 0. The first kappa shape index (κ1) is 19.4. The van der Waals surface area contributed by atoms with E-state index in [1.54, 1.807) is 24.3 Å². The Kier molecular flexibility index (Phi) is 6.22. The van der Waals surface area contributed by atoms with Crippen LogP contribution in [-0.2, 0) is 13.0 Å². The Morgan fingerprint density at radius 2 is 1.25 bits per heavy atom. The summed E-state index contributed by atoms with van der Waals surface area (Å²) in [6.45, 7) is 4.58. The van der Waals surface area contributed by atoms with Crippen molar-refractivity contribution in [3.8, 4) is 0 Å². The van der Waals surface area contributed by atoms with Crippen molar-refractivity contribution in [2.24, 2.45) is 0 Å². The summed E-state index contributed by atoms with van der Waals surface area (Å²) in [5, 5.41) is 5.76. The minimum atomic E-state index is -0.198. The molecule has 28 heavy (non-hydrogen) atoms. The standard InChI is InChI=1S/C24H24N2O2/c1-3-18-8-14-22(15-9-18)26-24(28)21-12-10-20(11-13-21)23(27)25-16-19-6-4-17(2)5-7-19/h4-15H,3,16H2,1-2H3,(H,25,27)(H,26,28). The van der Waals surface area contributed by atoms with Gasteiger partial charge in [-0.05, 0) is 60.9 Å². The lowest BCUT2D eigenvalue weighted by Crippen LogP contribution is -2.23. The van der Waals surface area contributed by atoms with Crippen molar-refractivity contribution in [1.29, 1.82) is 0 Å². The van der Waals surface area contributed by atoms with E-state index in [1.807, 2.05) is 55.5 Å². The highest BCUT2D eigenvalue weighted by atomic mass is 16.2. The summed E-state index contributed by atoms with van der Waals surface area (Å²) in [4.78, 5) is 24.7. The first-order valence-corrected chi connectivity index (χ1v) is 9.39. The van der Waals surface area contributed by atoms with Gasteiger partial charge in [-0.3, -0.25) is 9.59 Å². The minimum Gasteiger partial charge on any atom is -0.348 e. The summed E-state index contributed by atoms with van der Waals surface area (Å²) in [5.74, 6) is -0.362. The molecule has 0 spiro atoms. The van der Waals surface area contributed by atoms with E-state index in [9.17, 15) is 9.59 Å². The van der Waals surface area contributed by atoms with Gasteiger partial charge in [-0.2, -0.15) is 0 Å². The molecule has 0 fully saturated rings. The van der Waals surface area contributed by atoms with Gasteiger partial charge in [0.25, 0.3) is 11.8 Å². The third-order valence-electron chi connectivity index (χ3n) is 4.60. The number of carbonyl (C=O) groups is 2. The molecule has 0 radical (unpaired) electrons. The molecule has 2 N–H and O–H groups in total. The van der Waals surface area contributed by atoms with Gasteiger partial charge in [0.1, 0.15) is 0 Å². The summed E-state index contributed by atoms with van der Waals surface area (Å²) in [6.07, 6.45) is 0.960. The molecule has 3 aromatic rings. The predicted octanol–water partition coefficient (Wildman–Crippen LogP) is 4.74. The smallest absolute Gasteiger partial charge is 0.255 e. The number of anilines is 1. The topological polar surface area (TPSA) is 58.2 Å². The maximum atomic E-state index is 12.4. The summed E-state index contributed by atoms with van der Waals surface area (Å²) in [7, 11) is 0. The van der Waals surface area contributed by atoms with Crippen LogP contribution in [0.1, 0.15) is 44.3 Å². The molecule has 3 aromatic carbocycles. The molecule has 142 valence electrons. The molecule has 0 saturated carbocycles. The molecule has 3 rings (SSSR count). The van der Waals surface area contributed by atoms with Gasteiger partial charge in [-0.25, -0.2) is 0 Å². The molecular formula is C24H24N2O2. The number of aryl methyl sites for hydroxylation is 2. The quantitative estimate of drug-likeness (QED) is 0.657. The average molecular weight is 372 g/mol. The summed E-state index contributed by atoms with van der Waals surface area (Å²) in [6, 6.07) is 22.5. The predicted molar refractivity (Wildman–Crippen MR) is 113 cm³/mol. The van der Waals surface area contributed by atoms with Gasteiger partial charge in [-0.15, -0.1) is 0 Å². The van der Waals surface area contributed by atoms with Gasteiger partial charge in [0.05, 0.1) is 0 Å². The number of hydrogen-bond donors (Lipinski definition) is 2. The van der Waals surface area contributed by atoms with Crippen molar-refractivity contribution in [1.82, 2.24) is 5.32 Å². The van der Waals surface area contributed by atoms with Crippen LogP contribution in [0.2, 0.25) is 0 Å². The van der Waals surface area contributed by atoms with E-state index >= 15 is 0 Å². The number of hydrogen-bond acceptors (Lipinski definition) is 2. The zero-order valence-electron chi connectivity index (χ0n) is 16.2. The fourth-order valence-electron chi connectivity index (χ4n) is 2.79. The van der Waals surface area contributed by atoms with Gasteiger partial charge in [0.15, 0.2) is 0 Å². The zero-order chi connectivity index (χ0) is 19.9. The number of benzene rings is 3. The highest BCUT2D eigenvalue weighted by molar-refractivity contribution is 6.05. The van der Waals surface area contributed by atoms with Crippen LogP contribution in [-0.4, -0.2) is 11.8 Å². The van der Waals surface area contributed by atoms with E-state index in [-0.39, 0.29) is 11.8 Å². The SMILES string of the molecule is CCc1ccc(NC(=O)c2ccc(C(=O)NCc3ccc(C)cc3)cc2)cc1. The highest BCUT2D eigenvalue weighted by Gasteiger charge is 2.09. The van der Waals surface area contributed by atoms with Gasteiger partial charge in [-0.1, -0.05) is 48.9 Å². The molecular weight excluding hydrogens is 348 g/mol. The lowest BCUT2D eigenvalue weighted by atomic mass is 10.1. The maximum absolute atomic E-state index is 12.4. The van der Waals surface area contributed by atoms with E-state index in [0.29, 0.717) is 17.7 Å². The van der Waals surface area contributed by atoms with Crippen LogP contribution in [0.15, 0.2) is 72.8 Å². The molecule has 0 heterocycles. The van der Waals surface area contributed by atoms with E-state index < -0.39 is 0 Å². The van der Waals surface area contributed by atoms with Crippen LogP contribution in [0, 0.1) is 6.92 Å². The molecule has 4 nitrogen and oxygen atoms in total. The fraction of sp³-hybridized carbons (Fsp3) is 0.167. The fourth-order valence-corrected chi connectivity index (χ4v) is 2.79. The van der Waals surface area contributed by atoms with Crippen LogP contribution >= 0.6 is 0 Å². The molecule has 0 bridgehead atoms. The van der Waals surface area contributed by atoms with Crippen LogP contribution in [0.25, 0.3) is 0 Å². The van der Waals surface area contributed by atoms with Crippen molar-refractivity contribution < 1.29 is 9.59 Å². The van der Waals surface area contributed by atoms with Crippen molar-refractivity contribution in [3.05, 3.63) is 101 Å². The zero-order valence-corrected chi connectivity index (χ0v) is 16.2. The van der Waals surface area contributed by atoms with Crippen molar-refractivity contribution >= 4 is 17.5 Å². The Labute approximate surface area is 165 Å². The Morgan fingerprint density at radius 3 is 1.82 bits per heavy atom. The molecule has 4 heteroatoms. The first-order valence-electron chi connectivity index (χ1n) is 9.39.